The van der Waals surface area contributed by atoms with Gasteiger partial charge in [-0.1, -0.05) is 0 Å². The number of urea groups is 1. The van der Waals surface area contributed by atoms with Gasteiger partial charge in [0.1, 0.15) is 0 Å². The molecule has 0 aromatic carbocycles. The van der Waals surface area contributed by atoms with E-state index in [0.29, 0.717) is 13.1 Å². The summed E-state index contributed by atoms with van der Waals surface area (Å²) in [6.45, 7) is 3.82. The van der Waals surface area contributed by atoms with Crippen LogP contribution in [0.4, 0.5) is 4.79 Å². The summed E-state index contributed by atoms with van der Waals surface area (Å²) >= 11 is 1.59. The Morgan fingerprint density at radius 1 is 1.65 bits per heavy atom. The van der Waals surface area contributed by atoms with E-state index in [1.54, 1.807) is 11.3 Å². The van der Waals surface area contributed by atoms with Crippen molar-refractivity contribution in [3.8, 4) is 0 Å². The summed E-state index contributed by atoms with van der Waals surface area (Å²) in [6.07, 6.45) is 2.31. The third kappa shape index (κ3) is 3.98. The van der Waals surface area contributed by atoms with E-state index >= 15 is 0 Å². The van der Waals surface area contributed by atoms with Gasteiger partial charge >= 0.3 is 6.03 Å². The number of thiazole rings is 1. The first-order chi connectivity index (χ1) is 8.24. The van der Waals surface area contributed by atoms with Crippen molar-refractivity contribution in [2.75, 3.05) is 13.2 Å². The van der Waals surface area contributed by atoms with Gasteiger partial charge in [0.15, 0.2) is 0 Å². The lowest BCUT2D eigenvalue weighted by atomic mass is 10.2. The summed E-state index contributed by atoms with van der Waals surface area (Å²) in [7, 11) is 0. The highest BCUT2D eigenvalue weighted by atomic mass is 32.1. The zero-order valence-corrected chi connectivity index (χ0v) is 10.7. The molecule has 1 saturated heterocycles. The van der Waals surface area contributed by atoms with Crippen LogP contribution in [-0.2, 0) is 11.3 Å². The molecule has 0 unspecified atom stereocenters. The summed E-state index contributed by atoms with van der Waals surface area (Å²) < 4.78 is 5.42. The highest BCUT2D eigenvalue weighted by Gasteiger charge is 2.15. The van der Waals surface area contributed by atoms with E-state index in [1.165, 1.54) is 0 Å². The van der Waals surface area contributed by atoms with Gasteiger partial charge in [-0.2, -0.15) is 0 Å². The van der Waals surface area contributed by atoms with Gasteiger partial charge in [-0.25, -0.2) is 9.78 Å². The average molecular weight is 255 g/mol. The van der Waals surface area contributed by atoms with Crippen LogP contribution >= 0.6 is 11.3 Å². The predicted octanol–water partition coefficient (Wildman–Crippen LogP) is 1.43. The van der Waals surface area contributed by atoms with Crippen LogP contribution in [0.25, 0.3) is 0 Å². The van der Waals surface area contributed by atoms with Gasteiger partial charge in [-0.3, -0.25) is 0 Å². The number of ether oxygens (including phenoxy) is 1. The van der Waals surface area contributed by atoms with E-state index < -0.39 is 0 Å². The smallest absolute Gasteiger partial charge is 0.315 e. The summed E-state index contributed by atoms with van der Waals surface area (Å²) in [5, 5.41) is 8.55. The molecule has 1 aliphatic rings. The lowest BCUT2D eigenvalue weighted by Crippen LogP contribution is -2.39. The minimum Gasteiger partial charge on any atom is -0.376 e. The number of carbonyl (C=O) groups is 1. The highest BCUT2D eigenvalue weighted by Crippen LogP contribution is 2.10. The molecule has 2 rings (SSSR count). The van der Waals surface area contributed by atoms with Gasteiger partial charge in [0.05, 0.1) is 23.4 Å². The second-order valence-electron chi connectivity index (χ2n) is 4.06. The average Bonchev–Trinajstić information content (AvgIpc) is 2.95. The third-order valence-corrected chi connectivity index (χ3v) is 3.43. The molecule has 1 aromatic heterocycles. The molecule has 0 spiro atoms. The van der Waals surface area contributed by atoms with Crippen molar-refractivity contribution in [3.63, 3.8) is 0 Å². The first kappa shape index (κ1) is 12.3. The monoisotopic (exact) mass is 255 g/mol. The quantitative estimate of drug-likeness (QED) is 0.855. The number of hydrogen-bond acceptors (Lipinski definition) is 4. The van der Waals surface area contributed by atoms with Gasteiger partial charge in [-0.05, 0) is 19.8 Å². The molecule has 94 valence electrons. The lowest BCUT2D eigenvalue weighted by Gasteiger charge is -2.11. The maximum absolute atomic E-state index is 11.5. The van der Waals surface area contributed by atoms with Crippen molar-refractivity contribution in [2.45, 2.75) is 32.4 Å². The van der Waals surface area contributed by atoms with Crippen LogP contribution in [0.15, 0.2) is 5.38 Å². The second kappa shape index (κ2) is 5.97. The number of nitrogens with zero attached hydrogens (tertiary/aromatic N) is 1. The normalized spacial score (nSPS) is 19.2. The Balaban J connectivity index is 1.63. The number of nitrogens with one attached hydrogen (secondary N) is 2. The van der Waals surface area contributed by atoms with Crippen molar-refractivity contribution < 1.29 is 9.53 Å². The van der Waals surface area contributed by atoms with Crippen molar-refractivity contribution in [3.05, 3.63) is 16.1 Å². The predicted molar refractivity (Wildman–Crippen MR) is 66.1 cm³/mol. The van der Waals surface area contributed by atoms with Gasteiger partial charge in [-0.15, -0.1) is 11.3 Å². The molecule has 6 heteroatoms. The third-order valence-electron chi connectivity index (χ3n) is 2.61. The SMILES string of the molecule is Cc1nc(CNC(=O)NC[C@H]2CCCO2)cs1. The van der Waals surface area contributed by atoms with Crippen molar-refractivity contribution >= 4 is 17.4 Å². The zero-order chi connectivity index (χ0) is 12.1. The zero-order valence-electron chi connectivity index (χ0n) is 9.86. The number of carbonyl (C=O) groups excluding carboxylic acids is 1. The molecule has 0 bridgehead atoms. The van der Waals surface area contributed by atoms with Crippen LogP contribution < -0.4 is 10.6 Å². The molecule has 0 radical (unpaired) electrons. The second-order valence-corrected chi connectivity index (χ2v) is 5.12. The maximum Gasteiger partial charge on any atom is 0.315 e. The molecule has 5 nitrogen and oxygen atoms in total. The van der Waals surface area contributed by atoms with E-state index in [0.717, 1.165) is 30.2 Å². The van der Waals surface area contributed by atoms with Gasteiger partial charge in [0.25, 0.3) is 0 Å². The van der Waals surface area contributed by atoms with Crippen molar-refractivity contribution in [1.82, 2.24) is 15.6 Å². The Labute approximate surface area is 105 Å². The summed E-state index contributed by atoms with van der Waals surface area (Å²) in [5.41, 5.74) is 0.903. The Bertz CT molecular complexity index is 375. The molecule has 1 fully saturated rings. The molecular weight excluding hydrogens is 238 g/mol. The Morgan fingerprint density at radius 2 is 2.53 bits per heavy atom. The Hall–Kier alpha value is -1.14. The minimum absolute atomic E-state index is 0.161. The van der Waals surface area contributed by atoms with Crippen LogP contribution in [0.1, 0.15) is 23.5 Å². The number of aromatic nitrogens is 1. The van der Waals surface area contributed by atoms with Crippen molar-refractivity contribution in [1.29, 1.82) is 0 Å². The molecule has 2 N–H and O–H groups in total. The lowest BCUT2D eigenvalue weighted by molar-refractivity contribution is 0.111. The van der Waals surface area contributed by atoms with E-state index in [4.69, 9.17) is 4.74 Å². The minimum atomic E-state index is -0.161. The number of aryl methyl sites for hydroxylation is 1. The highest BCUT2D eigenvalue weighted by molar-refractivity contribution is 7.09. The first-order valence-electron chi connectivity index (χ1n) is 5.78. The number of rotatable bonds is 4. The van der Waals surface area contributed by atoms with Crippen LogP contribution in [-0.4, -0.2) is 30.3 Å². The number of hydrogen-bond donors (Lipinski definition) is 2. The van der Waals surface area contributed by atoms with Gasteiger partial charge in [0, 0.05) is 18.5 Å². The van der Waals surface area contributed by atoms with E-state index in [2.05, 4.69) is 15.6 Å². The van der Waals surface area contributed by atoms with E-state index in [-0.39, 0.29) is 12.1 Å². The fourth-order valence-corrected chi connectivity index (χ4v) is 2.35. The molecule has 1 aliphatic heterocycles. The largest absolute Gasteiger partial charge is 0.376 e. The number of amides is 2. The fourth-order valence-electron chi connectivity index (χ4n) is 1.73. The first-order valence-corrected chi connectivity index (χ1v) is 6.66. The standard InChI is InChI=1S/C11H17N3O2S/c1-8-14-9(7-17-8)5-12-11(15)13-6-10-3-2-4-16-10/h7,10H,2-6H2,1H3,(H2,12,13,15)/t10-/m1/s1. The summed E-state index contributed by atoms with van der Waals surface area (Å²) in [6, 6.07) is -0.161. The van der Waals surface area contributed by atoms with Crippen LogP contribution in [0, 0.1) is 6.92 Å². The van der Waals surface area contributed by atoms with E-state index in [1.807, 2.05) is 12.3 Å². The summed E-state index contributed by atoms with van der Waals surface area (Å²) in [4.78, 5) is 15.7. The maximum atomic E-state index is 11.5. The van der Waals surface area contributed by atoms with Crippen LogP contribution in [0.2, 0.25) is 0 Å². The van der Waals surface area contributed by atoms with E-state index in [9.17, 15) is 4.79 Å². The molecule has 2 heterocycles. The molecule has 1 aromatic rings. The van der Waals surface area contributed by atoms with Crippen LogP contribution in [0.3, 0.4) is 0 Å². The molecule has 2 amide bonds. The van der Waals surface area contributed by atoms with Gasteiger partial charge < -0.3 is 15.4 Å². The Kier molecular flexibility index (Phi) is 4.33. The summed E-state index contributed by atoms with van der Waals surface area (Å²) in [5.74, 6) is 0. The van der Waals surface area contributed by atoms with Gasteiger partial charge in [0.2, 0.25) is 0 Å². The van der Waals surface area contributed by atoms with Crippen LogP contribution in [0.5, 0.6) is 0 Å². The molecule has 0 aliphatic carbocycles. The molecular formula is C11H17N3O2S. The Morgan fingerprint density at radius 3 is 3.18 bits per heavy atom. The van der Waals surface area contributed by atoms with Crippen molar-refractivity contribution in [2.24, 2.45) is 0 Å². The molecule has 1 atom stereocenters. The molecule has 0 saturated carbocycles. The topological polar surface area (TPSA) is 63.2 Å². The fraction of sp³-hybridized carbons (Fsp3) is 0.636. The molecule has 17 heavy (non-hydrogen) atoms.